The van der Waals surface area contributed by atoms with E-state index in [0.717, 1.165) is 33.7 Å². The van der Waals surface area contributed by atoms with E-state index >= 15 is 0 Å². The molecule has 0 aliphatic heterocycles. The Balaban J connectivity index is 1.64. The van der Waals surface area contributed by atoms with Gasteiger partial charge in [0, 0.05) is 25.3 Å². The van der Waals surface area contributed by atoms with Gasteiger partial charge in [-0.1, -0.05) is 30.3 Å². The molecule has 0 atom stereocenters. The van der Waals surface area contributed by atoms with E-state index in [2.05, 4.69) is 36.0 Å². The maximum Gasteiger partial charge on any atom is 0.377 e. The second kappa shape index (κ2) is 13.2. The predicted octanol–water partition coefficient (Wildman–Crippen LogP) is 6.74. The van der Waals surface area contributed by atoms with Gasteiger partial charge in [0.25, 0.3) is 0 Å². The van der Waals surface area contributed by atoms with E-state index in [0.29, 0.717) is 31.9 Å². The summed E-state index contributed by atoms with van der Waals surface area (Å²) in [6.07, 6.45) is -0.691. The van der Waals surface area contributed by atoms with Crippen LogP contribution in [0.2, 0.25) is 0 Å². The normalized spacial score (nSPS) is 11.3. The van der Waals surface area contributed by atoms with Gasteiger partial charge in [-0.25, -0.2) is 4.79 Å². The first kappa shape index (κ1) is 28.1. The molecule has 0 spiro atoms. The third kappa shape index (κ3) is 8.02. The third-order valence-electron chi connectivity index (χ3n) is 5.87. The van der Waals surface area contributed by atoms with Crippen LogP contribution in [0.5, 0.6) is 5.75 Å². The highest BCUT2D eigenvalue weighted by Gasteiger charge is 2.40. The van der Waals surface area contributed by atoms with Crippen LogP contribution >= 0.6 is 0 Å². The van der Waals surface area contributed by atoms with Crippen LogP contribution in [0, 0.1) is 13.8 Å². The number of ether oxygens (including phenoxy) is 3. The number of carbonyl (C=O) groups excluding carboxylic acids is 1. The molecule has 0 amide bonds. The summed E-state index contributed by atoms with van der Waals surface area (Å²) in [5.74, 6) is -4.21. The smallest absolute Gasteiger partial charge is 0.377 e. The lowest BCUT2D eigenvalue weighted by Gasteiger charge is -2.16. The number of hydrogen-bond donors (Lipinski definition) is 1. The van der Waals surface area contributed by atoms with E-state index in [-0.39, 0.29) is 6.61 Å². The number of esters is 1. The molecule has 198 valence electrons. The predicted molar refractivity (Wildman–Crippen MR) is 142 cm³/mol. The van der Waals surface area contributed by atoms with Crippen molar-refractivity contribution in [3.63, 3.8) is 0 Å². The van der Waals surface area contributed by atoms with E-state index in [1.807, 2.05) is 31.2 Å². The Hall–Kier alpha value is -3.45. The van der Waals surface area contributed by atoms with Crippen LogP contribution in [0.25, 0.3) is 11.1 Å². The van der Waals surface area contributed by atoms with Gasteiger partial charge in [0.1, 0.15) is 12.4 Å². The number of nitrogens with one attached hydrogen (secondary N) is 1. The SMILES string of the molecule is CCOCCOc1cc(C)c(-c2cccc(CNc3ccc(CC(F)(F)C(=O)OCC)cc3)c2)c(C)c1. The molecule has 0 radical (unpaired) electrons. The van der Waals surface area contributed by atoms with Crippen LogP contribution in [0.15, 0.2) is 60.7 Å². The van der Waals surface area contributed by atoms with E-state index < -0.39 is 18.3 Å². The number of benzene rings is 3. The zero-order chi connectivity index (χ0) is 26.8. The van der Waals surface area contributed by atoms with E-state index in [9.17, 15) is 13.6 Å². The Morgan fingerprint density at radius 3 is 2.24 bits per heavy atom. The molecule has 0 saturated heterocycles. The summed E-state index contributed by atoms with van der Waals surface area (Å²) in [6.45, 7) is 9.87. The van der Waals surface area contributed by atoms with Crippen molar-refractivity contribution in [3.05, 3.63) is 82.9 Å². The Morgan fingerprint density at radius 1 is 0.892 bits per heavy atom. The first-order valence-electron chi connectivity index (χ1n) is 12.5. The highest BCUT2D eigenvalue weighted by Crippen LogP contribution is 2.32. The van der Waals surface area contributed by atoms with Crippen LogP contribution in [0.1, 0.15) is 36.1 Å². The van der Waals surface area contributed by atoms with Crippen molar-refractivity contribution in [2.75, 3.05) is 31.7 Å². The van der Waals surface area contributed by atoms with Crippen molar-refractivity contribution < 1.29 is 27.8 Å². The minimum atomic E-state index is -3.55. The fraction of sp³-hybridized carbons (Fsp3) is 0.367. The Labute approximate surface area is 217 Å². The molecule has 7 heteroatoms. The minimum Gasteiger partial charge on any atom is -0.491 e. The van der Waals surface area contributed by atoms with Gasteiger partial charge in [0.05, 0.1) is 13.2 Å². The molecule has 3 rings (SSSR count). The van der Waals surface area contributed by atoms with E-state index in [1.165, 1.54) is 12.5 Å². The van der Waals surface area contributed by atoms with Gasteiger partial charge in [-0.3, -0.25) is 0 Å². The maximum absolute atomic E-state index is 14.0. The lowest BCUT2D eigenvalue weighted by Crippen LogP contribution is -2.33. The summed E-state index contributed by atoms with van der Waals surface area (Å²) < 4.78 is 43.6. The third-order valence-corrected chi connectivity index (χ3v) is 5.87. The Bertz CT molecular complexity index is 1160. The van der Waals surface area contributed by atoms with Gasteiger partial charge in [-0.05, 0) is 91.4 Å². The average molecular weight is 512 g/mol. The quantitative estimate of drug-likeness (QED) is 0.203. The largest absolute Gasteiger partial charge is 0.491 e. The molecule has 0 aliphatic rings. The molecule has 3 aromatic rings. The number of aryl methyl sites for hydroxylation is 2. The molecule has 0 unspecified atom stereocenters. The minimum absolute atomic E-state index is 0.0771. The van der Waals surface area contributed by atoms with Crippen LogP contribution < -0.4 is 10.1 Å². The second-order valence-electron chi connectivity index (χ2n) is 8.83. The number of hydrogen-bond acceptors (Lipinski definition) is 5. The average Bonchev–Trinajstić information content (AvgIpc) is 2.86. The molecule has 0 aliphatic carbocycles. The van der Waals surface area contributed by atoms with Crippen LogP contribution in [0.3, 0.4) is 0 Å². The number of rotatable bonds is 13. The molecule has 0 fully saturated rings. The van der Waals surface area contributed by atoms with E-state index in [1.54, 1.807) is 24.3 Å². The van der Waals surface area contributed by atoms with E-state index in [4.69, 9.17) is 9.47 Å². The molecular formula is C30H35F2NO4. The Morgan fingerprint density at radius 2 is 1.59 bits per heavy atom. The highest BCUT2D eigenvalue weighted by atomic mass is 19.3. The van der Waals surface area contributed by atoms with Gasteiger partial charge in [0.15, 0.2) is 0 Å². The fourth-order valence-electron chi connectivity index (χ4n) is 4.17. The molecule has 1 N–H and O–H groups in total. The lowest BCUT2D eigenvalue weighted by atomic mass is 9.94. The highest BCUT2D eigenvalue weighted by molar-refractivity contribution is 5.78. The second-order valence-corrected chi connectivity index (χ2v) is 8.83. The topological polar surface area (TPSA) is 56.8 Å². The van der Waals surface area contributed by atoms with Crippen LogP contribution in [-0.4, -0.2) is 38.3 Å². The zero-order valence-electron chi connectivity index (χ0n) is 21.9. The van der Waals surface area contributed by atoms with Gasteiger partial charge < -0.3 is 19.5 Å². The van der Waals surface area contributed by atoms with Crippen molar-refractivity contribution in [2.45, 2.75) is 46.6 Å². The zero-order valence-corrected chi connectivity index (χ0v) is 21.9. The first-order chi connectivity index (χ1) is 17.7. The monoisotopic (exact) mass is 511 g/mol. The first-order valence-corrected chi connectivity index (χ1v) is 12.5. The lowest BCUT2D eigenvalue weighted by molar-refractivity contribution is -0.171. The summed E-state index contributed by atoms with van der Waals surface area (Å²) in [4.78, 5) is 11.5. The van der Waals surface area contributed by atoms with Crippen molar-refractivity contribution in [2.24, 2.45) is 0 Å². The van der Waals surface area contributed by atoms with Crippen LogP contribution in [-0.2, 0) is 27.2 Å². The molecule has 5 nitrogen and oxygen atoms in total. The summed E-state index contributed by atoms with van der Waals surface area (Å²) in [5, 5.41) is 3.33. The van der Waals surface area contributed by atoms with Crippen molar-refractivity contribution in [1.82, 2.24) is 0 Å². The number of anilines is 1. The molecule has 0 bridgehead atoms. The maximum atomic E-state index is 14.0. The molecular weight excluding hydrogens is 476 g/mol. The van der Waals surface area contributed by atoms with Gasteiger partial charge in [0.2, 0.25) is 0 Å². The summed E-state index contributed by atoms with van der Waals surface area (Å²) >= 11 is 0. The summed E-state index contributed by atoms with van der Waals surface area (Å²) in [7, 11) is 0. The summed E-state index contributed by atoms with van der Waals surface area (Å²) in [6, 6.07) is 19.1. The molecule has 0 aromatic heterocycles. The van der Waals surface area contributed by atoms with Crippen molar-refractivity contribution >= 4 is 11.7 Å². The molecule has 0 saturated carbocycles. The fourth-order valence-corrected chi connectivity index (χ4v) is 4.17. The van der Waals surface area contributed by atoms with Crippen molar-refractivity contribution in [1.29, 1.82) is 0 Å². The van der Waals surface area contributed by atoms with Gasteiger partial charge in [-0.2, -0.15) is 8.78 Å². The Kier molecular flexibility index (Phi) is 10.0. The van der Waals surface area contributed by atoms with Crippen molar-refractivity contribution in [3.8, 4) is 16.9 Å². The number of halogens is 2. The number of carbonyl (C=O) groups is 1. The van der Waals surface area contributed by atoms with Gasteiger partial charge >= 0.3 is 11.9 Å². The molecule has 3 aromatic carbocycles. The standard InChI is InChI=1S/C30H35F2NO4/c1-5-35-14-15-37-27-16-21(3)28(22(4)17-27)25-9-7-8-24(18-25)20-33-26-12-10-23(11-13-26)19-30(31,32)29(34)36-6-2/h7-13,16-18,33H,5-6,14-15,19-20H2,1-4H3. The van der Waals surface area contributed by atoms with Gasteiger partial charge in [-0.15, -0.1) is 0 Å². The molecule has 0 heterocycles. The number of alkyl halides is 2. The molecule has 37 heavy (non-hydrogen) atoms. The van der Waals surface area contributed by atoms with Crippen LogP contribution in [0.4, 0.5) is 14.5 Å². The summed E-state index contributed by atoms with van der Waals surface area (Å²) in [5.41, 5.74) is 6.80.